The summed E-state index contributed by atoms with van der Waals surface area (Å²) in [6, 6.07) is 4.61. The largest absolute Gasteiger partial charge is 0.469 e. The van der Waals surface area contributed by atoms with Crippen LogP contribution >= 0.6 is 0 Å². The van der Waals surface area contributed by atoms with Gasteiger partial charge >= 0.3 is 5.97 Å². The molecule has 0 radical (unpaired) electrons. The molecule has 8 nitrogen and oxygen atoms in total. The van der Waals surface area contributed by atoms with E-state index in [0.717, 1.165) is 0 Å². The lowest BCUT2D eigenvalue weighted by molar-refractivity contribution is -0.145. The average Bonchev–Trinajstić information content (AvgIpc) is 2.93. The lowest BCUT2D eigenvalue weighted by Crippen LogP contribution is -2.58. The molecule has 1 atom stereocenters. The second kappa shape index (κ2) is 6.31. The smallest absolute Gasteiger partial charge is 0.308 e. The predicted octanol–water partition coefficient (Wildman–Crippen LogP) is 0.146. The maximum absolute atomic E-state index is 12.9. The molecule has 3 heterocycles. The van der Waals surface area contributed by atoms with E-state index in [-0.39, 0.29) is 23.9 Å². The summed E-state index contributed by atoms with van der Waals surface area (Å²) in [5.74, 6) is -1.26. The Morgan fingerprint density at radius 2 is 2.21 bits per heavy atom. The zero-order chi connectivity index (χ0) is 17.3. The van der Waals surface area contributed by atoms with Gasteiger partial charge in [0.1, 0.15) is 17.4 Å². The number of esters is 1. The molecule has 1 saturated heterocycles. The van der Waals surface area contributed by atoms with Crippen molar-refractivity contribution in [3.63, 3.8) is 0 Å². The summed E-state index contributed by atoms with van der Waals surface area (Å²) in [5.41, 5.74) is 1.63. The van der Waals surface area contributed by atoms with Gasteiger partial charge in [-0.05, 0) is 19.1 Å². The van der Waals surface area contributed by atoms with Gasteiger partial charge in [-0.1, -0.05) is 6.07 Å². The van der Waals surface area contributed by atoms with Crippen molar-refractivity contribution >= 4 is 23.4 Å². The number of carbonyl (C=O) groups excluding carboxylic acids is 3. The number of pyridine rings is 1. The van der Waals surface area contributed by atoms with Gasteiger partial charge in [0.2, 0.25) is 5.91 Å². The zero-order valence-electron chi connectivity index (χ0n) is 13.5. The standard InChI is InChI=1S/C16H18N4O4/c1-10-14(18-12-5-3-4-7-19(10)12)16(23)20-8-6-17-15(22)11(20)9-13(21)24-2/h3-5,7,11H,6,8-9H2,1-2H3,(H,17,22). The van der Waals surface area contributed by atoms with Gasteiger partial charge in [-0.25, -0.2) is 4.98 Å². The average molecular weight is 330 g/mol. The summed E-state index contributed by atoms with van der Waals surface area (Å²) in [6.07, 6.45) is 1.64. The van der Waals surface area contributed by atoms with E-state index in [0.29, 0.717) is 24.4 Å². The quantitative estimate of drug-likeness (QED) is 0.809. The van der Waals surface area contributed by atoms with Crippen LogP contribution in [0.15, 0.2) is 24.4 Å². The summed E-state index contributed by atoms with van der Waals surface area (Å²) >= 11 is 0. The Hall–Kier alpha value is -2.90. The van der Waals surface area contributed by atoms with Crippen molar-refractivity contribution in [3.8, 4) is 0 Å². The molecule has 2 amide bonds. The van der Waals surface area contributed by atoms with Gasteiger partial charge in [-0.2, -0.15) is 0 Å². The number of rotatable bonds is 3. The number of amides is 2. The number of hydrogen-bond acceptors (Lipinski definition) is 5. The Morgan fingerprint density at radius 1 is 1.42 bits per heavy atom. The highest BCUT2D eigenvalue weighted by molar-refractivity contribution is 5.99. The Balaban J connectivity index is 1.94. The van der Waals surface area contributed by atoms with Gasteiger partial charge in [0.05, 0.1) is 19.2 Å². The normalized spacial score (nSPS) is 17.7. The van der Waals surface area contributed by atoms with Gasteiger partial charge < -0.3 is 19.4 Å². The van der Waals surface area contributed by atoms with E-state index in [1.807, 2.05) is 22.7 Å². The first-order valence-corrected chi connectivity index (χ1v) is 7.62. The third kappa shape index (κ3) is 2.70. The van der Waals surface area contributed by atoms with E-state index in [1.165, 1.54) is 12.0 Å². The van der Waals surface area contributed by atoms with Crippen LogP contribution in [0.2, 0.25) is 0 Å². The number of nitrogens with zero attached hydrogens (tertiary/aromatic N) is 3. The number of fused-ring (bicyclic) bond motifs is 1. The highest BCUT2D eigenvalue weighted by Gasteiger charge is 2.36. The van der Waals surface area contributed by atoms with Gasteiger partial charge in [0.15, 0.2) is 0 Å². The van der Waals surface area contributed by atoms with Gasteiger partial charge in [0.25, 0.3) is 5.91 Å². The predicted molar refractivity (Wildman–Crippen MR) is 84.4 cm³/mol. The molecular weight excluding hydrogens is 312 g/mol. The Kier molecular flexibility index (Phi) is 4.20. The fourth-order valence-corrected chi connectivity index (χ4v) is 2.86. The zero-order valence-corrected chi connectivity index (χ0v) is 13.5. The van der Waals surface area contributed by atoms with Crippen LogP contribution < -0.4 is 5.32 Å². The van der Waals surface area contributed by atoms with E-state index in [4.69, 9.17) is 0 Å². The molecular formula is C16H18N4O4. The second-order valence-electron chi connectivity index (χ2n) is 5.56. The highest BCUT2D eigenvalue weighted by Crippen LogP contribution is 2.18. The monoisotopic (exact) mass is 330 g/mol. The van der Waals surface area contributed by atoms with Crippen LogP contribution in [0.4, 0.5) is 0 Å². The maximum atomic E-state index is 12.9. The lowest BCUT2D eigenvalue weighted by Gasteiger charge is -2.34. The topological polar surface area (TPSA) is 93.0 Å². The fourth-order valence-electron chi connectivity index (χ4n) is 2.86. The van der Waals surface area contributed by atoms with Crippen molar-refractivity contribution in [1.29, 1.82) is 0 Å². The molecule has 0 aromatic carbocycles. The molecule has 2 aromatic rings. The van der Waals surface area contributed by atoms with Crippen molar-refractivity contribution in [2.45, 2.75) is 19.4 Å². The molecule has 1 fully saturated rings. The first-order valence-electron chi connectivity index (χ1n) is 7.62. The second-order valence-corrected chi connectivity index (χ2v) is 5.56. The minimum absolute atomic E-state index is 0.180. The van der Waals surface area contributed by atoms with Gasteiger partial charge in [-0.3, -0.25) is 14.4 Å². The maximum Gasteiger partial charge on any atom is 0.308 e. The molecule has 0 bridgehead atoms. The van der Waals surface area contributed by atoms with Crippen LogP contribution in [0.1, 0.15) is 22.6 Å². The molecule has 0 aliphatic carbocycles. The molecule has 126 valence electrons. The van der Waals surface area contributed by atoms with E-state index < -0.39 is 12.0 Å². The minimum Gasteiger partial charge on any atom is -0.469 e. The van der Waals surface area contributed by atoms with Crippen LogP contribution in [0.25, 0.3) is 5.65 Å². The van der Waals surface area contributed by atoms with Crippen LogP contribution in [0, 0.1) is 6.92 Å². The number of piperazine rings is 1. The molecule has 3 rings (SSSR count). The van der Waals surface area contributed by atoms with Crippen LogP contribution in [-0.2, 0) is 14.3 Å². The number of nitrogens with one attached hydrogen (secondary N) is 1. The summed E-state index contributed by atoms with van der Waals surface area (Å²) in [5, 5.41) is 2.67. The first kappa shape index (κ1) is 16.0. The van der Waals surface area contributed by atoms with Crippen LogP contribution in [0.3, 0.4) is 0 Å². The highest BCUT2D eigenvalue weighted by atomic mass is 16.5. The van der Waals surface area contributed by atoms with E-state index in [1.54, 1.807) is 13.0 Å². The third-order valence-corrected chi connectivity index (χ3v) is 4.15. The fraction of sp³-hybridized carbons (Fsp3) is 0.375. The number of hydrogen-bond donors (Lipinski definition) is 1. The van der Waals surface area contributed by atoms with Crippen molar-refractivity contribution in [2.75, 3.05) is 20.2 Å². The summed E-state index contributed by atoms with van der Waals surface area (Å²) < 4.78 is 6.44. The van der Waals surface area contributed by atoms with Crippen molar-refractivity contribution in [1.82, 2.24) is 19.6 Å². The van der Waals surface area contributed by atoms with Crippen LogP contribution in [0.5, 0.6) is 0 Å². The summed E-state index contributed by atoms with van der Waals surface area (Å²) in [4.78, 5) is 42.4. The third-order valence-electron chi connectivity index (χ3n) is 4.15. The molecule has 2 aromatic heterocycles. The summed E-state index contributed by atoms with van der Waals surface area (Å²) in [6.45, 7) is 2.46. The van der Waals surface area contributed by atoms with Crippen molar-refractivity contribution in [3.05, 3.63) is 35.8 Å². The van der Waals surface area contributed by atoms with E-state index in [2.05, 4.69) is 15.0 Å². The van der Waals surface area contributed by atoms with E-state index >= 15 is 0 Å². The molecule has 0 spiro atoms. The number of carbonyl (C=O) groups is 3. The molecule has 1 unspecified atom stereocenters. The summed E-state index contributed by atoms with van der Waals surface area (Å²) in [7, 11) is 1.25. The Bertz CT molecular complexity index is 814. The van der Waals surface area contributed by atoms with Crippen LogP contribution in [-0.4, -0.2) is 58.3 Å². The van der Waals surface area contributed by atoms with Gasteiger partial charge in [0, 0.05) is 19.3 Å². The van der Waals surface area contributed by atoms with Crippen molar-refractivity contribution in [2.24, 2.45) is 0 Å². The molecule has 1 aliphatic rings. The molecule has 24 heavy (non-hydrogen) atoms. The van der Waals surface area contributed by atoms with Gasteiger partial charge in [-0.15, -0.1) is 0 Å². The Labute approximate surface area is 138 Å². The molecule has 1 N–H and O–H groups in total. The number of imidazole rings is 1. The first-order chi connectivity index (χ1) is 11.5. The van der Waals surface area contributed by atoms with Crippen molar-refractivity contribution < 1.29 is 19.1 Å². The molecule has 0 saturated carbocycles. The molecule has 1 aliphatic heterocycles. The SMILES string of the molecule is COC(=O)CC1C(=O)NCCN1C(=O)c1nc2ccccn2c1C. The number of aryl methyl sites for hydroxylation is 1. The Morgan fingerprint density at radius 3 is 2.92 bits per heavy atom. The van der Waals surface area contributed by atoms with E-state index in [9.17, 15) is 14.4 Å². The number of ether oxygens (including phenoxy) is 1. The number of aromatic nitrogens is 2. The minimum atomic E-state index is -0.886. The number of methoxy groups -OCH3 is 1. The lowest BCUT2D eigenvalue weighted by atomic mass is 10.1. The molecule has 8 heteroatoms.